The summed E-state index contributed by atoms with van der Waals surface area (Å²) in [7, 11) is 0. The molecule has 26 heavy (non-hydrogen) atoms. The molecule has 2 heterocycles. The Morgan fingerprint density at radius 3 is 2.73 bits per heavy atom. The van der Waals surface area contributed by atoms with Crippen molar-refractivity contribution in [1.29, 1.82) is 0 Å². The number of aromatic amines is 1. The fraction of sp³-hybridized carbons (Fsp3) is 0.350. The van der Waals surface area contributed by atoms with Crippen molar-refractivity contribution in [3.8, 4) is 16.9 Å². The van der Waals surface area contributed by atoms with E-state index in [4.69, 9.17) is 0 Å². The third-order valence-corrected chi connectivity index (χ3v) is 4.64. The van der Waals surface area contributed by atoms with Gasteiger partial charge in [-0.1, -0.05) is 12.1 Å². The Morgan fingerprint density at radius 1 is 1.23 bits per heavy atom. The SMILES string of the molecule is CCN(CC)C(=O)CCc1cc(-c2ccc(C)c(-n3ccnc3)c2)n[nH]1. The van der Waals surface area contributed by atoms with Crippen molar-refractivity contribution in [2.24, 2.45) is 0 Å². The predicted molar refractivity (Wildman–Crippen MR) is 102 cm³/mol. The summed E-state index contributed by atoms with van der Waals surface area (Å²) in [6.45, 7) is 7.59. The zero-order chi connectivity index (χ0) is 18.5. The van der Waals surface area contributed by atoms with Crippen LogP contribution in [-0.4, -0.2) is 43.6 Å². The molecule has 3 rings (SSSR count). The number of aromatic nitrogens is 4. The summed E-state index contributed by atoms with van der Waals surface area (Å²) < 4.78 is 2.00. The normalized spacial score (nSPS) is 10.9. The molecule has 0 saturated carbocycles. The lowest BCUT2D eigenvalue weighted by Crippen LogP contribution is -2.30. The maximum atomic E-state index is 12.2. The zero-order valence-electron chi connectivity index (χ0n) is 15.6. The predicted octanol–water partition coefficient (Wildman–Crippen LogP) is 3.37. The van der Waals surface area contributed by atoms with Gasteiger partial charge in [0.05, 0.1) is 17.7 Å². The number of aryl methyl sites for hydroxylation is 2. The summed E-state index contributed by atoms with van der Waals surface area (Å²) in [6.07, 6.45) is 6.66. The van der Waals surface area contributed by atoms with E-state index >= 15 is 0 Å². The molecule has 1 amide bonds. The highest BCUT2D eigenvalue weighted by atomic mass is 16.2. The van der Waals surface area contributed by atoms with Crippen LogP contribution < -0.4 is 0 Å². The van der Waals surface area contributed by atoms with Gasteiger partial charge in [-0.05, 0) is 44.9 Å². The van der Waals surface area contributed by atoms with E-state index in [-0.39, 0.29) is 5.91 Å². The third kappa shape index (κ3) is 3.85. The van der Waals surface area contributed by atoms with Gasteiger partial charge in [-0.3, -0.25) is 9.89 Å². The van der Waals surface area contributed by atoms with Gasteiger partial charge in [0.1, 0.15) is 0 Å². The van der Waals surface area contributed by atoms with Gasteiger partial charge in [0.15, 0.2) is 0 Å². The molecular formula is C20H25N5O. The van der Waals surface area contributed by atoms with Crippen LogP contribution in [0.3, 0.4) is 0 Å². The lowest BCUT2D eigenvalue weighted by Gasteiger charge is -2.18. The average molecular weight is 351 g/mol. The first-order chi connectivity index (χ1) is 12.6. The molecule has 0 unspecified atom stereocenters. The van der Waals surface area contributed by atoms with Crippen molar-refractivity contribution in [1.82, 2.24) is 24.6 Å². The molecule has 3 aromatic rings. The number of imidazole rings is 1. The van der Waals surface area contributed by atoms with E-state index in [1.54, 1.807) is 12.5 Å². The van der Waals surface area contributed by atoms with Crippen molar-refractivity contribution in [3.05, 3.63) is 54.2 Å². The number of amides is 1. The molecule has 0 aliphatic carbocycles. The van der Waals surface area contributed by atoms with E-state index < -0.39 is 0 Å². The largest absolute Gasteiger partial charge is 0.343 e. The summed E-state index contributed by atoms with van der Waals surface area (Å²) >= 11 is 0. The van der Waals surface area contributed by atoms with Crippen molar-refractivity contribution in [2.75, 3.05) is 13.1 Å². The molecule has 1 N–H and O–H groups in total. The van der Waals surface area contributed by atoms with E-state index in [9.17, 15) is 4.79 Å². The highest BCUT2D eigenvalue weighted by Gasteiger charge is 2.12. The van der Waals surface area contributed by atoms with Gasteiger partial charge in [0, 0.05) is 43.2 Å². The van der Waals surface area contributed by atoms with Crippen molar-refractivity contribution >= 4 is 5.91 Å². The first-order valence-electron chi connectivity index (χ1n) is 9.03. The zero-order valence-corrected chi connectivity index (χ0v) is 15.6. The van der Waals surface area contributed by atoms with Crippen LogP contribution in [0, 0.1) is 6.92 Å². The van der Waals surface area contributed by atoms with Gasteiger partial charge in [-0.2, -0.15) is 5.10 Å². The summed E-state index contributed by atoms with van der Waals surface area (Å²) in [5.41, 5.74) is 5.16. The van der Waals surface area contributed by atoms with Crippen LogP contribution in [0.1, 0.15) is 31.5 Å². The van der Waals surface area contributed by atoms with Gasteiger partial charge in [-0.25, -0.2) is 4.98 Å². The van der Waals surface area contributed by atoms with Crippen LogP contribution in [0.5, 0.6) is 0 Å². The maximum absolute atomic E-state index is 12.2. The van der Waals surface area contributed by atoms with E-state index in [0.717, 1.165) is 35.7 Å². The second-order valence-corrected chi connectivity index (χ2v) is 6.32. The highest BCUT2D eigenvalue weighted by molar-refractivity contribution is 5.76. The number of nitrogens with one attached hydrogen (secondary N) is 1. The first-order valence-corrected chi connectivity index (χ1v) is 9.03. The van der Waals surface area contributed by atoms with Crippen LogP contribution in [0.2, 0.25) is 0 Å². The Bertz CT molecular complexity index is 862. The fourth-order valence-corrected chi connectivity index (χ4v) is 3.06. The molecule has 0 bridgehead atoms. The number of carbonyl (C=O) groups excluding carboxylic acids is 1. The molecule has 6 heteroatoms. The number of nitrogens with zero attached hydrogens (tertiary/aromatic N) is 4. The Morgan fingerprint density at radius 2 is 2.04 bits per heavy atom. The summed E-state index contributed by atoms with van der Waals surface area (Å²) in [6, 6.07) is 8.29. The smallest absolute Gasteiger partial charge is 0.222 e. The fourth-order valence-electron chi connectivity index (χ4n) is 3.06. The van der Waals surface area contributed by atoms with Crippen LogP contribution in [0.25, 0.3) is 16.9 Å². The summed E-state index contributed by atoms with van der Waals surface area (Å²) in [4.78, 5) is 18.1. The van der Waals surface area contributed by atoms with Crippen LogP contribution >= 0.6 is 0 Å². The monoisotopic (exact) mass is 351 g/mol. The molecule has 1 aromatic carbocycles. The van der Waals surface area contributed by atoms with E-state index in [0.29, 0.717) is 12.8 Å². The molecule has 0 aliphatic heterocycles. The molecular weight excluding hydrogens is 326 g/mol. The number of benzene rings is 1. The van der Waals surface area contributed by atoms with Crippen LogP contribution in [-0.2, 0) is 11.2 Å². The number of hydrogen-bond donors (Lipinski definition) is 1. The molecule has 136 valence electrons. The Hall–Kier alpha value is -2.89. The van der Waals surface area contributed by atoms with E-state index in [2.05, 4.69) is 40.3 Å². The molecule has 0 radical (unpaired) electrons. The lowest BCUT2D eigenvalue weighted by molar-refractivity contribution is -0.130. The minimum Gasteiger partial charge on any atom is -0.343 e. The summed E-state index contributed by atoms with van der Waals surface area (Å²) in [5, 5.41) is 7.49. The molecule has 0 fully saturated rings. The molecule has 0 atom stereocenters. The number of hydrogen-bond acceptors (Lipinski definition) is 3. The number of carbonyl (C=O) groups is 1. The maximum Gasteiger partial charge on any atom is 0.222 e. The molecule has 0 spiro atoms. The standard InChI is InChI=1S/C20H25N5O/c1-4-24(5-2)20(26)9-8-17-13-18(23-22-17)16-7-6-15(3)19(12-16)25-11-10-21-14-25/h6-7,10-14H,4-5,8-9H2,1-3H3,(H,22,23). The second kappa shape index (κ2) is 7.99. The topological polar surface area (TPSA) is 66.8 Å². The second-order valence-electron chi connectivity index (χ2n) is 6.32. The Labute approximate surface area is 153 Å². The van der Waals surface area contributed by atoms with Gasteiger partial charge < -0.3 is 9.47 Å². The Balaban J connectivity index is 1.74. The average Bonchev–Trinajstić information content (AvgIpc) is 3.33. The van der Waals surface area contributed by atoms with Crippen LogP contribution in [0.15, 0.2) is 43.0 Å². The highest BCUT2D eigenvalue weighted by Crippen LogP contribution is 2.24. The lowest BCUT2D eigenvalue weighted by atomic mass is 10.1. The molecule has 2 aromatic heterocycles. The quantitative estimate of drug-likeness (QED) is 0.710. The van der Waals surface area contributed by atoms with Gasteiger partial charge in [0.25, 0.3) is 0 Å². The van der Waals surface area contributed by atoms with Gasteiger partial charge in [-0.15, -0.1) is 0 Å². The molecule has 0 aliphatic rings. The summed E-state index contributed by atoms with van der Waals surface area (Å²) in [5.74, 6) is 0.184. The van der Waals surface area contributed by atoms with Crippen LogP contribution in [0.4, 0.5) is 0 Å². The molecule has 0 saturated heterocycles. The molecule has 6 nitrogen and oxygen atoms in total. The van der Waals surface area contributed by atoms with Crippen molar-refractivity contribution < 1.29 is 4.79 Å². The number of H-pyrrole nitrogens is 1. The van der Waals surface area contributed by atoms with Crippen molar-refractivity contribution in [2.45, 2.75) is 33.6 Å². The van der Waals surface area contributed by atoms with Gasteiger partial charge in [0.2, 0.25) is 5.91 Å². The number of rotatable bonds is 7. The Kier molecular flexibility index (Phi) is 5.51. The van der Waals surface area contributed by atoms with Gasteiger partial charge >= 0.3 is 0 Å². The van der Waals surface area contributed by atoms with Crippen molar-refractivity contribution in [3.63, 3.8) is 0 Å². The third-order valence-electron chi connectivity index (χ3n) is 4.64. The van der Waals surface area contributed by atoms with E-state index in [1.807, 2.05) is 35.6 Å². The van der Waals surface area contributed by atoms with E-state index in [1.165, 1.54) is 5.56 Å². The first kappa shape index (κ1) is 17.9. The minimum atomic E-state index is 0.184. The minimum absolute atomic E-state index is 0.184.